The van der Waals surface area contributed by atoms with Crippen molar-refractivity contribution in [2.24, 2.45) is 0 Å². The van der Waals surface area contributed by atoms with Gasteiger partial charge in [0.1, 0.15) is 6.61 Å². The minimum atomic E-state index is -4.35. The van der Waals surface area contributed by atoms with E-state index in [9.17, 15) is 19.0 Å². The lowest BCUT2D eigenvalue weighted by Crippen LogP contribution is -2.29. The van der Waals surface area contributed by atoms with Crippen molar-refractivity contribution in [2.75, 3.05) is 40.5 Å². The molecule has 10 heteroatoms. The number of carbonyl (C=O) groups is 2. The second-order valence-corrected chi connectivity index (χ2v) is 15.3. The molecule has 2 atom stereocenters. The smallest absolute Gasteiger partial charge is 0.462 e. The number of rotatable bonds is 37. The molecular weight excluding hydrogens is 653 g/mol. The quantitative estimate of drug-likeness (QED) is 0.0289. The average molecular weight is 730 g/mol. The van der Waals surface area contributed by atoms with Crippen LogP contribution in [0.25, 0.3) is 0 Å². The van der Waals surface area contributed by atoms with E-state index in [1.807, 2.05) is 19.0 Å². The van der Waals surface area contributed by atoms with E-state index < -0.39 is 26.5 Å². The highest BCUT2D eigenvalue weighted by atomic mass is 31.2. The van der Waals surface area contributed by atoms with Gasteiger partial charge in [-0.25, -0.2) is 4.57 Å². The number of phosphoric ester groups is 1. The van der Waals surface area contributed by atoms with Crippen LogP contribution in [-0.4, -0.2) is 68.3 Å². The van der Waals surface area contributed by atoms with Crippen LogP contribution in [0.3, 0.4) is 0 Å². The zero-order chi connectivity index (χ0) is 37.0. The van der Waals surface area contributed by atoms with Gasteiger partial charge >= 0.3 is 19.8 Å². The predicted molar refractivity (Wildman–Crippen MR) is 206 cm³/mol. The first kappa shape index (κ1) is 48.5. The number of carbonyl (C=O) groups excluding carboxylic acids is 2. The Morgan fingerprint density at radius 2 is 1.08 bits per heavy atom. The Bertz CT molecular complexity index is 895. The van der Waals surface area contributed by atoms with Crippen LogP contribution >= 0.6 is 7.82 Å². The van der Waals surface area contributed by atoms with Gasteiger partial charge < -0.3 is 19.3 Å². The van der Waals surface area contributed by atoms with Crippen molar-refractivity contribution in [1.29, 1.82) is 0 Å². The summed E-state index contributed by atoms with van der Waals surface area (Å²) in [7, 11) is -0.712. The van der Waals surface area contributed by atoms with Gasteiger partial charge in [0, 0.05) is 19.4 Å². The molecule has 0 saturated heterocycles. The Hall–Kier alpha value is -1.51. The van der Waals surface area contributed by atoms with Crippen molar-refractivity contribution >= 4 is 19.8 Å². The standard InChI is InChI=1S/C40H76NO8P/c1-5-7-9-11-13-15-17-19-20-21-23-24-26-28-30-32-39(42)46-36-38(37-48-50(44,45)47-35-34-41(3)4)49-40(43)33-31-29-27-25-22-18-16-14-12-10-8-6-2/h13,15,19-20,38H,5-12,14,16-18,21-37H2,1-4H3,(H,44,45)/b15-13-,20-19-. The molecule has 0 spiro atoms. The van der Waals surface area contributed by atoms with Gasteiger partial charge in [0.2, 0.25) is 0 Å². The summed E-state index contributed by atoms with van der Waals surface area (Å²) in [4.78, 5) is 36.9. The molecule has 0 heterocycles. The Balaban J connectivity index is 4.34. The topological polar surface area (TPSA) is 112 Å². The van der Waals surface area contributed by atoms with Crippen LogP contribution in [0.2, 0.25) is 0 Å². The third kappa shape index (κ3) is 36.3. The molecule has 0 fully saturated rings. The first-order chi connectivity index (χ1) is 24.2. The van der Waals surface area contributed by atoms with E-state index in [-0.39, 0.29) is 32.0 Å². The minimum absolute atomic E-state index is 0.00668. The van der Waals surface area contributed by atoms with Gasteiger partial charge in [-0.2, -0.15) is 0 Å². The highest BCUT2D eigenvalue weighted by Crippen LogP contribution is 2.43. The largest absolute Gasteiger partial charge is 0.472 e. The number of allylic oxidation sites excluding steroid dienone is 4. The lowest BCUT2D eigenvalue weighted by Gasteiger charge is -2.20. The minimum Gasteiger partial charge on any atom is -0.462 e. The Morgan fingerprint density at radius 3 is 1.62 bits per heavy atom. The summed E-state index contributed by atoms with van der Waals surface area (Å²) in [6, 6.07) is 0. The Labute approximate surface area is 306 Å². The van der Waals surface area contributed by atoms with Gasteiger partial charge in [0.25, 0.3) is 0 Å². The molecule has 0 radical (unpaired) electrons. The Morgan fingerprint density at radius 1 is 0.620 bits per heavy atom. The molecule has 0 aromatic rings. The fourth-order valence-corrected chi connectivity index (χ4v) is 6.11. The van der Waals surface area contributed by atoms with Crippen molar-refractivity contribution in [3.63, 3.8) is 0 Å². The van der Waals surface area contributed by atoms with Crippen molar-refractivity contribution in [3.8, 4) is 0 Å². The van der Waals surface area contributed by atoms with E-state index in [1.54, 1.807) is 0 Å². The van der Waals surface area contributed by atoms with Crippen LogP contribution in [-0.2, 0) is 32.7 Å². The summed E-state index contributed by atoms with van der Waals surface area (Å²) in [5, 5.41) is 0. The highest BCUT2D eigenvalue weighted by Gasteiger charge is 2.26. The van der Waals surface area contributed by atoms with Crippen LogP contribution in [0.5, 0.6) is 0 Å². The number of ether oxygens (including phenoxy) is 2. The first-order valence-corrected chi connectivity index (χ1v) is 21.6. The maximum absolute atomic E-state index is 12.6. The number of nitrogens with zero attached hydrogens (tertiary/aromatic N) is 1. The number of esters is 2. The molecule has 0 bridgehead atoms. The van der Waals surface area contributed by atoms with Gasteiger partial charge in [0.15, 0.2) is 6.10 Å². The molecule has 0 rings (SSSR count). The summed E-state index contributed by atoms with van der Waals surface area (Å²) >= 11 is 0. The van der Waals surface area contributed by atoms with Crippen molar-refractivity contribution in [3.05, 3.63) is 24.3 Å². The van der Waals surface area contributed by atoms with E-state index in [4.69, 9.17) is 18.5 Å². The third-order valence-corrected chi connectivity index (χ3v) is 9.50. The zero-order valence-electron chi connectivity index (χ0n) is 32.6. The fraction of sp³-hybridized carbons (Fsp3) is 0.850. The number of hydrogen-bond acceptors (Lipinski definition) is 8. The van der Waals surface area contributed by atoms with Gasteiger partial charge in [-0.3, -0.25) is 18.6 Å². The van der Waals surface area contributed by atoms with Crippen LogP contribution < -0.4 is 0 Å². The van der Waals surface area contributed by atoms with Gasteiger partial charge in [0.05, 0.1) is 13.2 Å². The van der Waals surface area contributed by atoms with E-state index >= 15 is 0 Å². The molecule has 0 amide bonds. The molecule has 1 N–H and O–H groups in total. The molecule has 2 unspecified atom stereocenters. The summed E-state index contributed by atoms with van der Waals surface area (Å²) in [5.41, 5.74) is 0. The van der Waals surface area contributed by atoms with E-state index in [0.717, 1.165) is 57.8 Å². The second kappa shape index (κ2) is 35.9. The molecule has 0 aliphatic heterocycles. The fourth-order valence-electron chi connectivity index (χ4n) is 5.36. The molecule has 0 aromatic heterocycles. The molecule has 0 aliphatic carbocycles. The molecule has 0 saturated carbocycles. The molecule has 9 nitrogen and oxygen atoms in total. The summed E-state index contributed by atoms with van der Waals surface area (Å²) in [6.07, 6.45) is 35.0. The molecule has 294 valence electrons. The van der Waals surface area contributed by atoms with Crippen LogP contribution in [0.1, 0.15) is 174 Å². The SMILES string of the molecule is CCCCC/C=C\C/C=C\CCCCCCCC(=O)OCC(COP(=O)(O)OCCN(C)C)OC(=O)CCCCCCCCCCCCCC. The second-order valence-electron chi connectivity index (χ2n) is 13.8. The van der Waals surface area contributed by atoms with Crippen LogP contribution in [0.4, 0.5) is 0 Å². The van der Waals surface area contributed by atoms with Gasteiger partial charge in [-0.1, -0.05) is 141 Å². The zero-order valence-corrected chi connectivity index (χ0v) is 33.5. The van der Waals surface area contributed by atoms with E-state index in [0.29, 0.717) is 13.0 Å². The molecule has 0 aliphatic rings. The number of hydrogen-bond donors (Lipinski definition) is 1. The van der Waals surface area contributed by atoms with Gasteiger partial charge in [-0.15, -0.1) is 0 Å². The summed E-state index contributed by atoms with van der Waals surface area (Å²) in [6.45, 7) is 4.27. The van der Waals surface area contributed by atoms with Crippen molar-refractivity contribution in [2.45, 2.75) is 180 Å². The van der Waals surface area contributed by atoms with E-state index in [2.05, 4.69) is 38.2 Å². The maximum atomic E-state index is 12.6. The number of unbranched alkanes of at least 4 members (excludes halogenated alkanes) is 19. The van der Waals surface area contributed by atoms with Crippen LogP contribution in [0, 0.1) is 0 Å². The van der Waals surface area contributed by atoms with Crippen molar-refractivity contribution < 1.29 is 37.6 Å². The van der Waals surface area contributed by atoms with Crippen LogP contribution in [0.15, 0.2) is 24.3 Å². The lowest BCUT2D eigenvalue weighted by atomic mass is 10.0. The molecule has 50 heavy (non-hydrogen) atoms. The van der Waals surface area contributed by atoms with E-state index in [1.165, 1.54) is 83.5 Å². The summed E-state index contributed by atoms with van der Waals surface area (Å²) in [5.74, 6) is -0.816. The highest BCUT2D eigenvalue weighted by molar-refractivity contribution is 7.47. The normalized spacial score (nSPS) is 13.7. The third-order valence-electron chi connectivity index (χ3n) is 8.51. The van der Waals surface area contributed by atoms with Crippen molar-refractivity contribution in [1.82, 2.24) is 4.90 Å². The molecule has 0 aromatic carbocycles. The molecular formula is C40H76NO8P. The maximum Gasteiger partial charge on any atom is 0.472 e. The first-order valence-electron chi connectivity index (χ1n) is 20.1. The average Bonchev–Trinajstić information content (AvgIpc) is 3.08. The summed E-state index contributed by atoms with van der Waals surface area (Å²) < 4.78 is 33.3. The predicted octanol–water partition coefficient (Wildman–Crippen LogP) is 11.0. The van der Waals surface area contributed by atoms with Gasteiger partial charge in [-0.05, 0) is 59.0 Å². The Kier molecular flexibility index (Phi) is 34.8. The monoisotopic (exact) mass is 730 g/mol. The lowest BCUT2D eigenvalue weighted by molar-refractivity contribution is -0.161. The number of phosphoric acid groups is 1. The number of likely N-dealkylation sites (N-methyl/N-ethyl adjacent to an activating group) is 1.